The smallest absolute Gasteiger partial charge is 0.329 e. The van der Waals surface area contributed by atoms with Crippen LogP contribution in [0.5, 0.6) is 0 Å². The minimum absolute atomic E-state index is 0.295. The number of amides is 1. The van der Waals surface area contributed by atoms with Gasteiger partial charge in [-0.1, -0.05) is 91.0 Å². The topological polar surface area (TPSA) is 186 Å². The van der Waals surface area contributed by atoms with Crippen molar-refractivity contribution in [3.05, 3.63) is 108 Å². The molecule has 0 saturated heterocycles. The van der Waals surface area contributed by atoms with Gasteiger partial charge in [0.05, 0.1) is 152 Å². The van der Waals surface area contributed by atoms with E-state index >= 15 is 0 Å². The van der Waals surface area contributed by atoms with E-state index in [2.05, 4.69) is 46.5 Å². The molecule has 0 atom stereocenters. The molecule has 0 aromatic heterocycles. The first-order chi connectivity index (χ1) is 31.6. The quantitative estimate of drug-likeness (QED) is 0.0621. The summed E-state index contributed by atoms with van der Waals surface area (Å²) < 4.78 is 72.3. The maximum Gasteiger partial charge on any atom is 0.329 e. The fourth-order valence-electron chi connectivity index (χ4n) is 5.87. The zero-order chi connectivity index (χ0) is 45.3. The van der Waals surface area contributed by atoms with E-state index in [1.165, 1.54) is 0 Å². The van der Waals surface area contributed by atoms with E-state index in [9.17, 15) is 9.59 Å². The van der Waals surface area contributed by atoms with Crippen LogP contribution in [-0.4, -0.2) is 189 Å². The maximum atomic E-state index is 11.4. The number of benzene rings is 3. The lowest BCUT2D eigenvalue weighted by Crippen LogP contribution is -2.34. The van der Waals surface area contributed by atoms with Crippen LogP contribution in [0.2, 0.25) is 0 Å². The van der Waals surface area contributed by atoms with Crippen LogP contribution in [-0.2, 0) is 76.8 Å². The summed E-state index contributed by atoms with van der Waals surface area (Å²) in [6.45, 7) is 9.77. The predicted octanol–water partition coefficient (Wildman–Crippen LogP) is 3.40. The first kappa shape index (κ1) is 54.4. The Morgan fingerprint density at radius 3 is 0.906 bits per heavy atom. The van der Waals surface area contributed by atoms with Crippen LogP contribution >= 0.6 is 0 Å². The summed E-state index contributed by atoms with van der Waals surface area (Å²) in [5.41, 5.74) is 2.41. The molecule has 0 unspecified atom stereocenters. The minimum atomic E-state index is -1.13. The Hall–Kier alpha value is -3.92. The maximum absolute atomic E-state index is 11.4. The van der Waals surface area contributed by atoms with Gasteiger partial charge in [-0.05, 0) is 16.7 Å². The second-order valence-electron chi connectivity index (χ2n) is 13.6. The van der Waals surface area contributed by atoms with Crippen molar-refractivity contribution < 1.29 is 76.3 Å². The molecule has 64 heavy (non-hydrogen) atoms. The third-order valence-electron chi connectivity index (χ3n) is 8.83. The lowest BCUT2D eigenvalue weighted by atomic mass is 9.80. The van der Waals surface area contributed by atoms with Crippen LogP contribution in [0.1, 0.15) is 16.7 Å². The lowest BCUT2D eigenvalue weighted by Gasteiger charge is -2.36. The number of ether oxygens (including phenoxy) is 13. The highest BCUT2D eigenvalue weighted by Crippen LogP contribution is 2.40. The second kappa shape index (κ2) is 38.4. The molecule has 3 rings (SSSR count). The molecule has 0 aliphatic carbocycles. The fourth-order valence-corrected chi connectivity index (χ4v) is 5.87. The summed E-state index contributed by atoms with van der Waals surface area (Å²) in [4.78, 5) is 21.7. The number of nitrogens with one attached hydrogen (secondary N) is 1. The summed E-state index contributed by atoms with van der Waals surface area (Å²) in [5.74, 6) is -1.53. The predicted molar refractivity (Wildman–Crippen MR) is 236 cm³/mol. The molecule has 0 aliphatic rings. The van der Waals surface area contributed by atoms with Crippen molar-refractivity contribution in [2.45, 2.75) is 5.60 Å². The lowest BCUT2D eigenvalue weighted by molar-refractivity contribution is -0.143. The first-order valence-corrected chi connectivity index (χ1v) is 21.8. The van der Waals surface area contributed by atoms with Gasteiger partial charge in [-0.2, -0.15) is 0 Å². The summed E-state index contributed by atoms with van der Waals surface area (Å²) in [6, 6.07) is 30.9. The van der Waals surface area contributed by atoms with Crippen molar-refractivity contribution >= 4 is 11.9 Å². The number of carbonyl (C=O) groups is 2. The zero-order valence-electron chi connectivity index (χ0n) is 37.1. The van der Waals surface area contributed by atoms with Crippen LogP contribution in [0.25, 0.3) is 0 Å². The molecule has 358 valence electrons. The standard InChI is InChI=1S/C47H69NO16/c49-45(40-63-41-46(50)51)48-16-17-52-18-19-53-20-21-54-22-23-55-24-25-56-26-27-57-28-29-58-30-31-59-32-33-60-34-35-61-36-37-62-38-39-64-47(42-10-4-1-5-11-42,43-12-6-2-7-13-43)44-14-8-3-9-15-44/h1-15H,16-41H2,(H,48,49)(H,50,51). The minimum Gasteiger partial charge on any atom is -0.480 e. The highest BCUT2D eigenvalue weighted by Gasteiger charge is 2.37. The number of aliphatic carboxylic acids is 1. The Balaban J connectivity index is 0.992. The Labute approximate surface area is 377 Å². The molecular weight excluding hydrogens is 835 g/mol. The number of carboxylic acid groups (broad SMARTS) is 1. The largest absolute Gasteiger partial charge is 0.480 e. The van der Waals surface area contributed by atoms with Gasteiger partial charge < -0.3 is 72.0 Å². The molecule has 0 saturated carbocycles. The normalized spacial score (nSPS) is 11.6. The van der Waals surface area contributed by atoms with Crippen LogP contribution in [0, 0.1) is 0 Å². The Morgan fingerprint density at radius 2 is 0.625 bits per heavy atom. The summed E-state index contributed by atoms with van der Waals surface area (Å²) in [6.07, 6.45) is 0. The average molecular weight is 904 g/mol. The highest BCUT2D eigenvalue weighted by molar-refractivity contribution is 5.77. The second-order valence-corrected chi connectivity index (χ2v) is 13.6. The van der Waals surface area contributed by atoms with Gasteiger partial charge in [0.15, 0.2) is 0 Å². The molecule has 1 amide bonds. The van der Waals surface area contributed by atoms with E-state index in [0.717, 1.165) is 16.7 Å². The van der Waals surface area contributed by atoms with Crippen molar-refractivity contribution in [1.29, 1.82) is 0 Å². The zero-order valence-corrected chi connectivity index (χ0v) is 37.1. The molecule has 3 aromatic carbocycles. The van der Waals surface area contributed by atoms with E-state index in [1.807, 2.05) is 54.6 Å². The molecule has 0 bridgehead atoms. The molecule has 2 N–H and O–H groups in total. The number of rotatable bonds is 44. The van der Waals surface area contributed by atoms with Gasteiger partial charge >= 0.3 is 5.97 Å². The van der Waals surface area contributed by atoms with Crippen LogP contribution < -0.4 is 5.32 Å². The molecule has 0 heterocycles. The van der Waals surface area contributed by atoms with E-state index < -0.39 is 24.1 Å². The molecule has 0 radical (unpaired) electrons. The summed E-state index contributed by atoms with van der Waals surface area (Å²) in [7, 11) is 0. The molecule has 0 spiro atoms. The molecular formula is C47H69NO16. The summed E-state index contributed by atoms with van der Waals surface area (Å²) in [5, 5.41) is 11.0. The molecule has 17 heteroatoms. The van der Waals surface area contributed by atoms with Gasteiger partial charge in [0, 0.05) is 6.54 Å². The van der Waals surface area contributed by atoms with E-state index in [0.29, 0.717) is 159 Å². The number of hydrogen-bond donors (Lipinski definition) is 2. The van der Waals surface area contributed by atoms with E-state index in [4.69, 9.17) is 61.9 Å². The van der Waals surface area contributed by atoms with Gasteiger partial charge in [-0.15, -0.1) is 0 Å². The Morgan fingerprint density at radius 1 is 0.359 bits per heavy atom. The van der Waals surface area contributed by atoms with Crippen molar-refractivity contribution in [3.63, 3.8) is 0 Å². The molecule has 17 nitrogen and oxygen atoms in total. The third-order valence-corrected chi connectivity index (χ3v) is 8.83. The van der Waals surface area contributed by atoms with Gasteiger partial charge in [0.2, 0.25) is 5.91 Å². The van der Waals surface area contributed by atoms with Crippen molar-refractivity contribution in [1.82, 2.24) is 5.32 Å². The number of carbonyl (C=O) groups excluding carboxylic acids is 1. The van der Waals surface area contributed by atoms with E-state index in [1.54, 1.807) is 0 Å². The van der Waals surface area contributed by atoms with Crippen molar-refractivity contribution in [2.24, 2.45) is 0 Å². The summed E-state index contributed by atoms with van der Waals surface area (Å²) >= 11 is 0. The monoisotopic (exact) mass is 903 g/mol. The van der Waals surface area contributed by atoms with Gasteiger partial charge in [0.25, 0.3) is 0 Å². The van der Waals surface area contributed by atoms with Crippen LogP contribution in [0.4, 0.5) is 0 Å². The van der Waals surface area contributed by atoms with Crippen molar-refractivity contribution in [2.75, 3.05) is 172 Å². The molecule has 0 aliphatic heterocycles. The van der Waals surface area contributed by atoms with E-state index in [-0.39, 0.29) is 6.61 Å². The highest BCUT2D eigenvalue weighted by atomic mass is 16.6. The SMILES string of the molecule is O=C(O)COCC(=O)NCCOCCOCCOCCOCCOCCOCCOCCOCCOCCOCCOCCOC(c1ccccc1)(c1ccccc1)c1ccccc1. The van der Waals surface area contributed by atoms with Gasteiger partial charge in [-0.3, -0.25) is 4.79 Å². The Kier molecular flexibility index (Phi) is 32.6. The van der Waals surface area contributed by atoms with Gasteiger partial charge in [-0.25, -0.2) is 4.79 Å². The third kappa shape index (κ3) is 26.1. The number of carboxylic acids is 1. The van der Waals surface area contributed by atoms with Crippen molar-refractivity contribution in [3.8, 4) is 0 Å². The van der Waals surface area contributed by atoms with Crippen LogP contribution in [0.15, 0.2) is 91.0 Å². The van der Waals surface area contributed by atoms with Gasteiger partial charge in [0.1, 0.15) is 18.8 Å². The average Bonchev–Trinajstić information content (AvgIpc) is 3.32. The molecule has 0 fully saturated rings. The Bertz CT molecular complexity index is 1430. The number of hydrogen-bond acceptors (Lipinski definition) is 15. The van der Waals surface area contributed by atoms with Crippen LogP contribution in [0.3, 0.4) is 0 Å². The first-order valence-electron chi connectivity index (χ1n) is 21.8. The fraction of sp³-hybridized carbons (Fsp3) is 0.574. The molecule has 3 aromatic rings.